The number of halogens is 1. The van der Waals surface area contributed by atoms with E-state index in [0.29, 0.717) is 29.6 Å². The van der Waals surface area contributed by atoms with Gasteiger partial charge in [0.2, 0.25) is 0 Å². The normalized spacial score (nSPS) is 10.4. The van der Waals surface area contributed by atoms with Gasteiger partial charge in [-0.3, -0.25) is 0 Å². The Bertz CT molecular complexity index is 868. The van der Waals surface area contributed by atoms with E-state index in [1.807, 2.05) is 42.5 Å². The number of hydrogen-bond acceptors (Lipinski definition) is 4. The molecule has 3 rings (SSSR count). The predicted molar refractivity (Wildman–Crippen MR) is 97.0 cm³/mol. The molecule has 0 atom stereocenters. The van der Waals surface area contributed by atoms with Crippen LogP contribution in [0.1, 0.15) is 27.3 Å². The third kappa shape index (κ3) is 4.55. The number of benzene rings is 2. The van der Waals surface area contributed by atoms with Crippen LogP contribution < -0.4 is 5.32 Å². The van der Waals surface area contributed by atoms with E-state index in [2.05, 4.69) is 15.3 Å². The largest absolute Gasteiger partial charge is 0.477 e. The zero-order valence-electron chi connectivity index (χ0n) is 13.3. The molecule has 1 aromatic heterocycles. The van der Waals surface area contributed by atoms with E-state index in [9.17, 15) is 9.90 Å². The molecule has 0 aliphatic carbocycles. The number of anilines is 1. The number of carboxylic acid groups (broad SMARTS) is 1. The Morgan fingerprint density at radius 3 is 2.44 bits per heavy atom. The molecular formula is C19H16ClN3O2. The molecule has 25 heavy (non-hydrogen) atoms. The molecule has 0 aliphatic heterocycles. The van der Waals surface area contributed by atoms with Crippen LogP contribution >= 0.6 is 11.6 Å². The number of nitrogens with zero attached hydrogens (tertiary/aromatic N) is 2. The Morgan fingerprint density at radius 2 is 1.76 bits per heavy atom. The van der Waals surface area contributed by atoms with Gasteiger partial charge in [-0.2, -0.15) is 0 Å². The molecule has 0 aliphatic rings. The second-order valence-electron chi connectivity index (χ2n) is 5.50. The van der Waals surface area contributed by atoms with E-state index in [1.54, 1.807) is 12.1 Å². The van der Waals surface area contributed by atoms with E-state index >= 15 is 0 Å². The van der Waals surface area contributed by atoms with E-state index in [4.69, 9.17) is 11.6 Å². The highest BCUT2D eigenvalue weighted by molar-refractivity contribution is 6.30. The van der Waals surface area contributed by atoms with Gasteiger partial charge in [-0.05, 0) is 23.3 Å². The fourth-order valence-corrected chi connectivity index (χ4v) is 2.49. The fraction of sp³-hybridized carbons (Fsp3) is 0.105. The minimum absolute atomic E-state index is 0.0517. The lowest BCUT2D eigenvalue weighted by Crippen LogP contribution is -2.11. The molecule has 0 spiro atoms. The molecule has 6 heteroatoms. The van der Waals surface area contributed by atoms with Crippen LogP contribution in [-0.2, 0) is 13.0 Å². The van der Waals surface area contributed by atoms with Crippen molar-refractivity contribution < 1.29 is 9.90 Å². The molecule has 3 aromatic rings. The summed E-state index contributed by atoms with van der Waals surface area (Å²) in [5.41, 5.74) is 2.09. The number of rotatable bonds is 6. The Balaban J connectivity index is 1.81. The summed E-state index contributed by atoms with van der Waals surface area (Å²) in [4.78, 5) is 20.0. The standard InChI is InChI=1S/C19H16ClN3O2/c20-15-8-6-13(7-9-15)10-17-21-12-16(19(24)25)18(23-17)22-11-14-4-2-1-3-5-14/h1-9,12H,10-11H2,(H,24,25)(H,21,22,23). The van der Waals surface area contributed by atoms with Gasteiger partial charge < -0.3 is 10.4 Å². The van der Waals surface area contributed by atoms with Gasteiger partial charge in [-0.15, -0.1) is 0 Å². The molecule has 126 valence electrons. The van der Waals surface area contributed by atoms with E-state index in [0.717, 1.165) is 11.1 Å². The number of carbonyl (C=O) groups is 1. The molecule has 0 unspecified atom stereocenters. The number of hydrogen-bond donors (Lipinski definition) is 2. The van der Waals surface area contributed by atoms with Gasteiger partial charge in [0.05, 0.1) is 0 Å². The van der Waals surface area contributed by atoms with Crippen molar-refractivity contribution in [2.24, 2.45) is 0 Å². The van der Waals surface area contributed by atoms with Crippen LogP contribution in [0.25, 0.3) is 0 Å². The lowest BCUT2D eigenvalue weighted by molar-refractivity contribution is 0.0697. The van der Waals surface area contributed by atoms with Crippen molar-refractivity contribution in [2.75, 3.05) is 5.32 Å². The van der Waals surface area contributed by atoms with Gasteiger partial charge >= 0.3 is 5.97 Å². The third-order valence-electron chi connectivity index (χ3n) is 3.65. The molecule has 2 aromatic carbocycles. The second kappa shape index (κ2) is 7.77. The summed E-state index contributed by atoms with van der Waals surface area (Å²) in [7, 11) is 0. The zero-order chi connectivity index (χ0) is 17.6. The molecule has 1 heterocycles. The highest BCUT2D eigenvalue weighted by Gasteiger charge is 2.14. The second-order valence-corrected chi connectivity index (χ2v) is 5.93. The molecular weight excluding hydrogens is 338 g/mol. The first kappa shape index (κ1) is 16.9. The molecule has 5 nitrogen and oxygen atoms in total. The summed E-state index contributed by atoms with van der Waals surface area (Å²) in [6, 6.07) is 17.1. The molecule has 0 fully saturated rings. The first-order valence-electron chi connectivity index (χ1n) is 7.73. The van der Waals surface area contributed by atoms with E-state index in [-0.39, 0.29) is 5.56 Å². The third-order valence-corrected chi connectivity index (χ3v) is 3.90. The van der Waals surface area contributed by atoms with Crippen LogP contribution in [0.3, 0.4) is 0 Å². The molecule has 0 bridgehead atoms. The highest BCUT2D eigenvalue weighted by atomic mass is 35.5. The summed E-state index contributed by atoms with van der Waals surface area (Å²) < 4.78 is 0. The number of nitrogens with one attached hydrogen (secondary N) is 1. The van der Waals surface area contributed by atoms with Crippen molar-refractivity contribution in [3.63, 3.8) is 0 Å². The quantitative estimate of drug-likeness (QED) is 0.699. The number of aromatic carboxylic acids is 1. The van der Waals surface area contributed by atoms with Crippen LogP contribution in [0.4, 0.5) is 5.82 Å². The van der Waals surface area contributed by atoms with Gasteiger partial charge in [-0.25, -0.2) is 14.8 Å². The minimum Gasteiger partial charge on any atom is -0.477 e. The van der Waals surface area contributed by atoms with Gasteiger partial charge in [0, 0.05) is 24.2 Å². The first-order valence-corrected chi connectivity index (χ1v) is 8.11. The smallest absolute Gasteiger partial charge is 0.341 e. The maximum atomic E-state index is 11.4. The van der Waals surface area contributed by atoms with Crippen LogP contribution in [-0.4, -0.2) is 21.0 Å². The van der Waals surface area contributed by atoms with Crippen molar-refractivity contribution in [3.8, 4) is 0 Å². The Kier molecular flexibility index (Phi) is 5.26. The first-order chi connectivity index (χ1) is 12.1. The van der Waals surface area contributed by atoms with Crippen molar-refractivity contribution in [3.05, 3.63) is 88.3 Å². The molecule has 0 radical (unpaired) electrons. The monoisotopic (exact) mass is 353 g/mol. The number of carboxylic acids is 1. The summed E-state index contributed by atoms with van der Waals surface area (Å²) in [5, 5.41) is 13.1. The van der Waals surface area contributed by atoms with Gasteiger partial charge in [0.15, 0.2) is 0 Å². The van der Waals surface area contributed by atoms with Crippen molar-refractivity contribution in [2.45, 2.75) is 13.0 Å². The van der Waals surface area contributed by atoms with Crippen molar-refractivity contribution >= 4 is 23.4 Å². The summed E-state index contributed by atoms with van der Waals surface area (Å²) in [6.45, 7) is 0.485. The Labute approximate surface area is 150 Å². The molecule has 0 amide bonds. The molecule has 0 saturated heterocycles. The van der Waals surface area contributed by atoms with E-state index in [1.165, 1.54) is 6.20 Å². The highest BCUT2D eigenvalue weighted by Crippen LogP contribution is 2.16. The van der Waals surface area contributed by atoms with Crippen LogP contribution in [0, 0.1) is 0 Å². The average Bonchev–Trinajstić information content (AvgIpc) is 2.63. The Hall–Kier alpha value is -2.92. The van der Waals surface area contributed by atoms with Gasteiger partial charge in [0.25, 0.3) is 0 Å². The lowest BCUT2D eigenvalue weighted by atomic mass is 10.1. The minimum atomic E-state index is -1.06. The lowest BCUT2D eigenvalue weighted by Gasteiger charge is -2.10. The summed E-state index contributed by atoms with van der Waals surface area (Å²) >= 11 is 5.89. The van der Waals surface area contributed by atoms with Crippen molar-refractivity contribution in [1.82, 2.24) is 9.97 Å². The van der Waals surface area contributed by atoms with Crippen LogP contribution in [0.5, 0.6) is 0 Å². The topological polar surface area (TPSA) is 75.1 Å². The van der Waals surface area contributed by atoms with Crippen LogP contribution in [0.15, 0.2) is 60.8 Å². The fourth-order valence-electron chi connectivity index (χ4n) is 2.36. The Morgan fingerprint density at radius 1 is 1.04 bits per heavy atom. The molecule has 2 N–H and O–H groups in total. The van der Waals surface area contributed by atoms with Gasteiger partial charge in [-0.1, -0.05) is 54.1 Å². The summed E-state index contributed by atoms with van der Waals surface area (Å²) in [5.74, 6) is -0.202. The van der Waals surface area contributed by atoms with Crippen LogP contribution in [0.2, 0.25) is 5.02 Å². The zero-order valence-corrected chi connectivity index (χ0v) is 14.1. The predicted octanol–water partition coefficient (Wildman–Crippen LogP) is 4.03. The summed E-state index contributed by atoms with van der Waals surface area (Å²) in [6.07, 6.45) is 1.84. The van der Waals surface area contributed by atoms with E-state index < -0.39 is 5.97 Å². The van der Waals surface area contributed by atoms with Gasteiger partial charge in [0.1, 0.15) is 17.2 Å². The SMILES string of the molecule is O=C(O)c1cnc(Cc2ccc(Cl)cc2)nc1NCc1ccccc1. The maximum absolute atomic E-state index is 11.4. The molecule has 0 saturated carbocycles. The average molecular weight is 354 g/mol. The van der Waals surface area contributed by atoms with Crippen molar-refractivity contribution in [1.29, 1.82) is 0 Å². The maximum Gasteiger partial charge on any atom is 0.341 e. The number of aromatic nitrogens is 2.